The normalized spacial score (nSPS) is 15.4. The van der Waals surface area contributed by atoms with Crippen LogP contribution in [-0.2, 0) is 9.84 Å². The monoisotopic (exact) mass is 358 g/mol. The largest absolute Gasteiger partial charge is 0.291 e. The van der Waals surface area contributed by atoms with Gasteiger partial charge < -0.3 is 0 Å². The summed E-state index contributed by atoms with van der Waals surface area (Å²) in [6.07, 6.45) is 0.976. The minimum atomic E-state index is -3.60. The Hall–Kier alpha value is -0.100. The number of carbonyl (C=O) groups is 1. The third-order valence-corrected chi connectivity index (χ3v) is 6.53. The lowest BCUT2D eigenvalue weighted by Gasteiger charge is -2.19. The van der Waals surface area contributed by atoms with Crippen molar-refractivity contribution in [3.63, 3.8) is 0 Å². The molecule has 0 aromatic heterocycles. The molecule has 94 valence electrons. The molecule has 1 atom stereocenters. The molecule has 0 saturated heterocycles. The maximum atomic E-state index is 12.1. The van der Waals surface area contributed by atoms with Crippen molar-refractivity contribution in [1.29, 1.82) is 0 Å². The van der Waals surface area contributed by atoms with Crippen molar-refractivity contribution in [2.75, 3.05) is 6.26 Å². The Morgan fingerprint density at radius 1 is 1.35 bits per heavy atom. The second-order valence-electron chi connectivity index (χ2n) is 3.64. The number of benzene rings is 1. The number of sulfone groups is 1. The van der Waals surface area contributed by atoms with Crippen molar-refractivity contribution >= 4 is 54.8 Å². The number of Topliss-reactive ketones (excluding diaryl/α,β-unsaturated/α-hetero) is 1. The molecule has 3 nitrogen and oxygen atoms in total. The van der Waals surface area contributed by atoms with Crippen molar-refractivity contribution in [1.82, 2.24) is 0 Å². The highest BCUT2D eigenvalue weighted by molar-refractivity contribution is 9.12. The van der Waals surface area contributed by atoms with E-state index in [1.807, 2.05) is 0 Å². The molecule has 0 N–H and O–H groups in total. The van der Waals surface area contributed by atoms with E-state index in [2.05, 4.69) is 15.9 Å². The van der Waals surface area contributed by atoms with Gasteiger partial charge in [-0.1, -0.05) is 39.1 Å². The summed E-state index contributed by atoms with van der Waals surface area (Å²) >= 11 is 14.5. The van der Waals surface area contributed by atoms with E-state index in [1.165, 1.54) is 25.1 Å². The van der Waals surface area contributed by atoms with Gasteiger partial charge in [-0.25, -0.2) is 8.42 Å². The number of rotatable bonds is 3. The number of halogens is 3. The van der Waals surface area contributed by atoms with E-state index in [0.717, 1.165) is 6.26 Å². The second-order valence-corrected chi connectivity index (χ2v) is 8.96. The van der Waals surface area contributed by atoms with Crippen LogP contribution in [0.3, 0.4) is 0 Å². The summed E-state index contributed by atoms with van der Waals surface area (Å²) in [5.41, 5.74) is 0.112. The highest BCUT2D eigenvalue weighted by Gasteiger charge is 2.41. The average molecular weight is 360 g/mol. The minimum Gasteiger partial charge on any atom is -0.291 e. The molecule has 1 aromatic carbocycles. The van der Waals surface area contributed by atoms with Gasteiger partial charge in [0.15, 0.2) is 19.3 Å². The summed E-state index contributed by atoms with van der Waals surface area (Å²) in [5.74, 6) is -0.623. The average Bonchev–Trinajstić information content (AvgIpc) is 2.14. The maximum absolute atomic E-state index is 12.1. The number of carbonyl (C=O) groups excluding carboxylic acids is 1. The van der Waals surface area contributed by atoms with Crippen molar-refractivity contribution in [2.24, 2.45) is 0 Å². The van der Waals surface area contributed by atoms with Crippen molar-refractivity contribution in [2.45, 2.75) is 10.6 Å². The highest BCUT2D eigenvalue weighted by atomic mass is 79.9. The standard InChI is InChI=1S/C10H9BrCl2O3S/c1-10(11,17(2,15)16)9(14)7-4-3-6(12)5-8(7)13/h3-5H,1-2H3/t10-/m1/s1. The first kappa shape index (κ1) is 15.0. The molecular formula is C10H9BrCl2O3S. The maximum Gasteiger partial charge on any atom is 0.195 e. The molecule has 0 amide bonds. The van der Waals surface area contributed by atoms with E-state index in [0.29, 0.717) is 5.02 Å². The molecule has 0 heterocycles. The lowest BCUT2D eigenvalue weighted by molar-refractivity contribution is 0.0983. The van der Waals surface area contributed by atoms with Gasteiger partial charge >= 0.3 is 0 Å². The van der Waals surface area contributed by atoms with Crippen LogP contribution in [0.2, 0.25) is 10.0 Å². The predicted octanol–water partition coefficient (Wildman–Crippen LogP) is 3.33. The zero-order chi connectivity index (χ0) is 13.4. The summed E-state index contributed by atoms with van der Waals surface area (Å²) in [7, 11) is -3.60. The van der Waals surface area contributed by atoms with E-state index < -0.39 is 19.3 Å². The van der Waals surface area contributed by atoms with Gasteiger partial charge in [0.05, 0.1) is 5.02 Å². The fourth-order valence-electron chi connectivity index (χ4n) is 1.08. The summed E-state index contributed by atoms with van der Waals surface area (Å²) in [5, 5.41) is 0.499. The lowest BCUT2D eigenvalue weighted by atomic mass is 10.1. The van der Waals surface area contributed by atoms with Gasteiger partial charge in [0.1, 0.15) is 0 Å². The number of hydrogen-bond donors (Lipinski definition) is 0. The highest BCUT2D eigenvalue weighted by Crippen LogP contribution is 2.32. The molecule has 7 heteroatoms. The Morgan fingerprint density at radius 2 is 1.88 bits per heavy atom. The lowest BCUT2D eigenvalue weighted by Crippen LogP contribution is -2.37. The fraction of sp³-hybridized carbons (Fsp3) is 0.300. The van der Waals surface area contributed by atoms with Gasteiger partial charge in [0.25, 0.3) is 0 Å². The Balaban J connectivity index is 3.32. The SMILES string of the molecule is C[C@](Br)(C(=O)c1ccc(Cl)cc1Cl)S(C)(=O)=O. The number of hydrogen-bond acceptors (Lipinski definition) is 3. The van der Waals surface area contributed by atoms with Crippen LogP contribution in [-0.4, -0.2) is 24.1 Å². The zero-order valence-electron chi connectivity index (χ0n) is 9.00. The fourth-order valence-corrected chi connectivity index (χ4v) is 2.24. The van der Waals surface area contributed by atoms with Crippen LogP contribution in [0, 0.1) is 0 Å². The third kappa shape index (κ3) is 3.02. The molecule has 0 aliphatic carbocycles. The Kier molecular flexibility index (Phi) is 4.29. The van der Waals surface area contributed by atoms with Crippen molar-refractivity contribution in [3.8, 4) is 0 Å². The molecule has 0 aliphatic rings. The van der Waals surface area contributed by atoms with Crippen LogP contribution in [0.25, 0.3) is 0 Å². The molecule has 0 radical (unpaired) electrons. The first-order valence-corrected chi connectivity index (χ1v) is 7.90. The first-order valence-electron chi connectivity index (χ1n) is 4.45. The van der Waals surface area contributed by atoms with Crippen molar-refractivity contribution < 1.29 is 13.2 Å². The molecule has 0 fully saturated rings. The number of alkyl halides is 1. The Labute approximate surface area is 118 Å². The molecule has 0 unspecified atom stereocenters. The zero-order valence-corrected chi connectivity index (χ0v) is 12.9. The summed E-state index contributed by atoms with van der Waals surface area (Å²) in [4.78, 5) is 12.1. The third-order valence-electron chi connectivity index (χ3n) is 2.28. The summed E-state index contributed by atoms with van der Waals surface area (Å²) < 4.78 is 21.3. The van der Waals surface area contributed by atoms with Gasteiger partial charge in [0.2, 0.25) is 0 Å². The Morgan fingerprint density at radius 3 is 2.29 bits per heavy atom. The predicted molar refractivity (Wildman–Crippen MR) is 73.0 cm³/mol. The number of ketones is 1. The molecule has 0 spiro atoms. The van der Waals surface area contributed by atoms with Gasteiger partial charge in [-0.05, 0) is 25.1 Å². The molecule has 0 bridgehead atoms. The molecule has 0 aliphatic heterocycles. The first-order chi connectivity index (χ1) is 7.57. The van der Waals surface area contributed by atoms with E-state index >= 15 is 0 Å². The topological polar surface area (TPSA) is 51.2 Å². The van der Waals surface area contributed by atoms with Gasteiger partial charge in [-0.3, -0.25) is 4.79 Å². The van der Waals surface area contributed by atoms with E-state index in [1.54, 1.807) is 0 Å². The van der Waals surface area contributed by atoms with E-state index in [-0.39, 0.29) is 10.6 Å². The molecule has 1 rings (SSSR count). The summed E-state index contributed by atoms with van der Waals surface area (Å²) in [6, 6.07) is 4.27. The molecule has 0 saturated carbocycles. The van der Waals surface area contributed by atoms with Gasteiger partial charge in [-0.2, -0.15) is 0 Å². The van der Waals surface area contributed by atoms with Crippen LogP contribution < -0.4 is 0 Å². The summed E-state index contributed by atoms with van der Waals surface area (Å²) in [6.45, 7) is 1.27. The van der Waals surface area contributed by atoms with Crippen LogP contribution in [0.15, 0.2) is 18.2 Å². The molecule has 17 heavy (non-hydrogen) atoms. The van der Waals surface area contributed by atoms with Gasteiger partial charge in [-0.15, -0.1) is 0 Å². The quantitative estimate of drug-likeness (QED) is 0.614. The van der Waals surface area contributed by atoms with Crippen LogP contribution in [0.4, 0.5) is 0 Å². The van der Waals surface area contributed by atoms with Gasteiger partial charge in [0, 0.05) is 16.8 Å². The minimum absolute atomic E-state index is 0.112. The van der Waals surface area contributed by atoms with Crippen molar-refractivity contribution in [3.05, 3.63) is 33.8 Å². The van der Waals surface area contributed by atoms with E-state index in [9.17, 15) is 13.2 Å². The van der Waals surface area contributed by atoms with E-state index in [4.69, 9.17) is 23.2 Å². The van der Waals surface area contributed by atoms with Crippen LogP contribution in [0.5, 0.6) is 0 Å². The smallest absolute Gasteiger partial charge is 0.195 e. The molecule has 1 aromatic rings. The molecular weight excluding hydrogens is 351 g/mol. The second kappa shape index (κ2) is 4.88. The Bertz CT molecular complexity index is 567. The van der Waals surface area contributed by atoms with Crippen LogP contribution in [0.1, 0.15) is 17.3 Å². The van der Waals surface area contributed by atoms with Crippen LogP contribution >= 0.6 is 39.1 Å².